The summed E-state index contributed by atoms with van der Waals surface area (Å²) in [6.07, 6.45) is 0. The molecule has 0 spiro atoms. The fourth-order valence-corrected chi connectivity index (χ4v) is 0. The van der Waals surface area contributed by atoms with Crippen molar-refractivity contribution in [3.05, 3.63) is 6.55 Å². The van der Waals surface area contributed by atoms with Crippen molar-refractivity contribution in [3.63, 3.8) is 0 Å². The Bertz CT molecular complexity index is 23.0. The molecule has 1 radical (unpaired) electrons. The van der Waals surface area contributed by atoms with Gasteiger partial charge in [0, 0.05) is 22.4 Å². The zero-order chi connectivity index (χ0) is 4.50. The van der Waals surface area contributed by atoms with Gasteiger partial charge in [-0.2, -0.15) is 0 Å². The quantitative estimate of drug-likeness (QED) is 0.463. The Kier molecular flexibility index (Phi) is 5.06. The Balaban J connectivity index is 0. The Labute approximate surface area is 56.8 Å². The predicted molar refractivity (Wildman–Crippen MR) is 28.7 cm³/mol. The van der Waals surface area contributed by atoms with Gasteiger partial charge in [0.2, 0.25) is 0 Å². The van der Waals surface area contributed by atoms with Crippen molar-refractivity contribution in [1.29, 1.82) is 0 Å². The van der Waals surface area contributed by atoms with E-state index in [1.165, 1.54) is 0 Å². The molecule has 37 valence electrons. The van der Waals surface area contributed by atoms with Gasteiger partial charge in [-0.25, -0.2) is 0 Å². The second-order valence-corrected chi connectivity index (χ2v) is 7.68. The summed E-state index contributed by atoms with van der Waals surface area (Å²) in [5, 5.41) is 0. The molecule has 0 aromatic rings. The topological polar surface area (TPSA) is 0 Å². The van der Waals surface area contributed by atoms with Gasteiger partial charge >= 0.3 is 0 Å². The van der Waals surface area contributed by atoms with E-state index >= 15 is 0 Å². The van der Waals surface area contributed by atoms with E-state index in [2.05, 4.69) is 26.2 Å². The molecule has 0 bridgehead atoms. The molecule has 6 heavy (non-hydrogen) atoms. The zero-order valence-electron chi connectivity index (χ0n) is 4.65. The number of hydrogen-bond acceptors (Lipinski definition) is 0. The van der Waals surface area contributed by atoms with Gasteiger partial charge in [0.15, 0.2) is 0 Å². The minimum Gasteiger partial charge on any atom is -0.342 e. The standard InChI is InChI=1S/C4H11Si.Ta/c1-5(2,3)4;/h1H2,2-4H3;/q-1;. The van der Waals surface area contributed by atoms with E-state index in [9.17, 15) is 0 Å². The zero-order valence-corrected chi connectivity index (χ0v) is 8.87. The first-order valence-corrected chi connectivity index (χ1v) is 5.56. The van der Waals surface area contributed by atoms with Crippen molar-refractivity contribution in [2.75, 3.05) is 0 Å². The van der Waals surface area contributed by atoms with Crippen LogP contribution >= 0.6 is 0 Å². The Hall–Kier alpha value is 0.957. The Morgan fingerprint density at radius 3 is 1.17 bits per heavy atom. The van der Waals surface area contributed by atoms with Crippen LogP contribution < -0.4 is 0 Å². The van der Waals surface area contributed by atoms with Crippen LogP contribution in [0.3, 0.4) is 0 Å². The maximum atomic E-state index is 3.91. The first-order valence-electron chi connectivity index (χ1n) is 1.85. The summed E-state index contributed by atoms with van der Waals surface area (Å²) in [4.78, 5) is 0. The van der Waals surface area contributed by atoms with Crippen LogP contribution in [0.4, 0.5) is 0 Å². The molecule has 0 unspecified atom stereocenters. The van der Waals surface area contributed by atoms with Crippen LogP contribution in [0.2, 0.25) is 19.6 Å². The molecule has 0 N–H and O–H groups in total. The van der Waals surface area contributed by atoms with E-state index in [-0.39, 0.29) is 22.4 Å². The summed E-state index contributed by atoms with van der Waals surface area (Å²) in [7, 11) is -0.861. The van der Waals surface area contributed by atoms with Crippen LogP contribution in [-0.4, -0.2) is 8.07 Å². The third kappa shape index (κ3) is 84.7. The van der Waals surface area contributed by atoms with Gasteiger partial charge in [-0.1, -0.05) is 19.6 Å². The fourth-order valence-electron chi connectivity index (χ4n) is 0. The van der Waals surface area contributed by atoms with Gasteiger partial charge in [0.05, 0.1) is 0 Å². The fraction of sp³-hybridized carbons (Fsp3) is 0.750. The van der Waals surface area contributed by atoms with Gasteiger partial charge in [0.25, 0.3) is 0 Å². The van der Waals surface area contributed by atoms with Gasteiger partial charge in [-0.05, 0) is 0 Å². The van der Waals surface area contributed by atoms with Gasteiger partial charge < -0.3 is 6.55 Å². The summed E-state index contributed by atoms with van der Waals surface area (Å²) >= 11 is 0. The first kappa shape index (κ1) is 10.0. The first-order chi connectivity index (χ1) is 2.00. The monoisotopic (exact) mass is 268 g/mol. The van der Waals surface area contributed by atoms with E-state index in [1.807, 2.05) is 0 Å². The third-order valence-corrected chi connectivity index (χ3v) is 0. The van der Waals surface area contributed by atoms with Crippen molar-refractivity contribution >= 4 is 8.07 Å². The molecule has 0 rings (SSSR count). The van der Waals surface area contributed by atoms with Crippen molar-refractivity contribution in [2.24, 2.45) is 0 Å². The second-order valence-electron chi connectivity index (χ2n) is 2.56. The van der Waals surface area contributed by atoms with E-state index in [0.717, 1.165) is 0 Å². The van der Waals surface area contributed by atoms with Crippen LogP contribution in [0.1, 0.15) is 0 Å². The molecule has 0 aromatic heterocycles. The summed E-state index contributed by atoms with van der Waals surface area (Å²) in [5.41, 5.74) is 0. The van der Waals surface area contributed by atoms with Gasteiger partial charge in [-0.3, -0.25) is 0 Å². The molecule has 0 aliphatic rings. The minimum absolute atomic E-state index is 0. The summed E-state index contributed by atoms with van der Waals surface area (Å²) in [6.45, 7) is 10.6. The van der Waals surface area contributed by atoms with Crippen molar-refractivity contribution < 1.29 is 22.4 Å². The van der Waals surface area contributed by atoms with E-state index in [4.69, 9.17) is 0 Å². The van der Waals surface area contributed by atoms with E-state index < -0.39 is 8.07 Å². The molecular weight excluding hydrogens is 257 g/mol. The molecule has 0 amide bonds. The average Bonchev–Trinajstić information content (AvgIpc) is 0.722. The van der Waals surface area contributed by atoms with Crippen LogP contribution in [-0.2, 0) is 22.4 Å². The molecule has 0 nitrogen and oxygen atoms in total. The van der Waals surface area contributed by atoms with Gasteiger partial charge in [0.1, 0.15) is 0 Å². The van der Waals surface area contributed by atoms with Crippen molar-refractivity contribution in [2.45, 2.75) is 19.6 Å². The third-order valence-electron chi connectivity index (χ3n) is 0. The summed E-state index contributed by atoms with van der Waals surface area (Å²) < 4.78 is 0. The molecule has 0 saturated heterocycles. The van der Waals surface area contributed by atoms with E-state index in [0.29, 0.717) is 0 Å². The van der Waals surface area contributed by atoms with Crippen molar-refractivity contribution in [1.82, 2.24) is 0 Å². The number of rotatable bonds is 0. The average molecular weight is 268 g/mol. The molecule has 2 heteroatoms. The smallest absolute Gasteiger partial charge is 0 e. The SMILES string of the molecule is [CH2-][Si](C)(C)C.[Ta]. The predicted octanol–water partition coefficient (Wildman–Crippen LogP) is 1.70. The second kappa shape index (κ2) is 3.02. The molecule has 0 heterocycles. The largest absolute Gasteiger partial charge is 0.342 e. The van der Waals surface area contributed by atoms with Crippen LogP contribution in [0.15, 0.2) is 0 Å². The Morgan fingerprint density at radius 1 is 1.17 bits per heavy atom. The van der Waals surface area contributed by atoms with E-state index in [1.54, 1.807) is 0 Å². The minimum atomic E-state index is -0.861. The molecule has 0 fully saturated rings. The summed E-state index contributed by atoms with van der Waals surface area (Å²) in [6, 6.07) is 0. The normalized spacial score (nSPS) is 10.0. The molecule has 0 aliphatic carbocycles. The molecule has 0 saturated carbocycles. The summed E-state index contributed by atoms with van der Waals surface area (Å²) in [5.74, 6) is 0. The van der Waals surface area contributed by atoms with Crippen LogP contribution in [0.25, 0.3) is 0 Å². The van der Waals surface area contributed by atoms with Gasteiger partial charge in [-0.15, -0.1) is 8.07 Å². The maximum Gasteiger partial charge on any atom is 0 e. The van der Waals surface area contributed by atoms with Crippen LogP contribution in [0, 0.1) is 6.55 Å². The number of hydrogen-bond donors (Lipinski definition) is 0. The molecule has 0 atom stereocenters. The molecule has 0 aliphatic heterocycles. The Morgan fingerprint density at radius 2 is 1.17 bits per heavy atom. The molecular formula is C4H11SiTa-. The van der Waals surface area contributed by atoms with Crippen LogP contribution in [0.5, 0.6) is 0 Å². The maximum absolute atomic E-state index is 3.91. The van der Waals surface area contributed by atoms with Crippen molar-refractivity contribution in [3.8, 4) is 0 Å². The molecule has 0 aromatic carbocycles.